The number of carbonyl (C=O) groups excluding carboxylic acids is 2. The van der Waals surface area contributed by atoms with Crippen LogP contribution >= 0.6 is 0 Å². The van der Waals surface area contributed by atoms with Crippen molar-refractivity contribution in [3.8, 4) is 0 Å². The van der Waals surface area contributed by atoms with Gasteiger partial charge < -0.3 is 15.4 Å². The standard InChI is InChI=1S/C23H28N2O3/c1-14-5-7-17(8-6-14)9-15(2)10-18(11-16(3)22(26)24-4)23(27)25-21-19-12-28-13-20(19)21/h5-8,10-11,19-21H,2,9,12-13H2,1,3-4H3,(H,24,26)(H,25,27)/b16-11+,18-10+. The first-order chi connectivity index (χ1) is 13.4. The predicted molar refractivity (Wildman–Crippen MR) is 110 cm³/mol. The van der Waals surface area contributed by atoms with Gasteiger partial charge in [-0.3, -0.25) is 9.59 Å². The summed E-state index contributed by atoms with van der Waals surface area (Å²) in [6.07, 6.45) is 4.05. The van der Waals surface area contributed by atoms with Crippen molar-refractivity contribution in [1.29, 1.82) is 0 Å². The number of allylic oxidation sites excluding steroid dienone is 2. The molecule has 0 aromatic heterocycles. The van der Waals surface area contributed by atoms with Crippen LogP contribution in [0.4, 0.5) is 0 Å². The van der Waals surface area contributed by atoms with Crippen molar-refractivity contribution < 1.29 is 14.3 Å². The van der Waals surface area contributed by atoms with Gasteiger partial charge in [-0.2, -0.15) is 0 Å². The second-order valence-electron chi connectivity index (χ2n) is 7.69. The second-order valence-corrected chi connectivity index (χ2v) is 7.69. The number of rotatable bonds is 7. The smallest absolute Gasteiger partial charge is 0.251 e. The fourth-order valence-electron chi connectivity index (χ4n) is 3.60. The normalized spacial score (nSPS) is 23.8. The highest BCUT2D eigenvalue weighted by Crippen LogP contribution is 2.44. The van der Waals surface area contributed by atoms with Gasteiger partial charge in [0.25, 0.3) is 5.91 Å². The van der Waals surface area contributed by atoms with Crippen LogP contribution < -0.4 is 10.6 Å². The number of nitrogens with one attached hydrogen (secondary N) is 2. The third kappa shape index (κ3) is 4.78. The average molecular weight is 380 g/mol. The van der Waals surface area contributed by atoms with E-state index in [0.717, 1.165) is 11.1 Å². The van der Waals surface area contributed by atoms with Crippen LogP contribution in [0.2, 0.25) is 0 Å². The van der Waals surface area contributed by atoms with Gasteiger partial charge >= 0.3 is 0 Å². The summed E-state index contributed by atoms with van der Waals surface area (Å²) in [4.78, 5) is 24.8. The van der Waals surface area contributed by atoms with Gasteiger partial charge in [-0.05, 0) is 38.0 Å². The quantitative estimate of drug-likeness (QED) is 0.564. The van der Waals surface area contributed by atoms with Gasteiger partial charge in [-0.1, -0.05) is 42.0 Å². The first kappa shape index (κ1) is 20.1. The Morgan fingerprint density at radius 3 is 2.39 bits per heavy atom. The van der Waals surface area contributed by atoms with E-state index in [1.165, 1.54) is 5.56 Å². The molecule has 1 aromatic carbocycles. The van der Waals surface area contributed by atoms with E-state index in [-0.39, 0.29) is 17.9 Å². The zero-order valence-electron chi connectivity index (χ0n) is 16.7. The second kappa shape index (κ2) is 8.57. The Hall–Kier alpha value is -2.66. The van der Waals surface area contributed by atoms with Crippen LogP contribution in [0.5, 0.6) is 0 Å². The number of carbonyl (C=O) groups is 2. The maximum absolute atomic E-state index is 12.9. The Bertz CT molecular complexity index is 826. The first-order valence-corrected chi connectivity index (χ1v) is 9.63. The molecule has 1 aliphatic heterocycles. The van der Waals surface area contributed by atoms with Gasteiger partial charge in [0.15, 0.2) is 0 Å². The SMILES string of the molecule is C=C(/C=C(\C=C(/C)C(=O)NC)C(=O)NC1C2COCC21)Cc1ccc(C)cc1. The fraction of sp³-hybridized carbons (Fsp3) is 0.391. The van der Waals surface area contributed by atoms with Gasteiger partial charge in [-0.25, -0.2) is 0 Å². The number of ether oxygens (including phenoxy) is 1. The molecular weight excluding hydrogens is 352 g/mol. The van der Waals surface area contributed by atoms with Gasteiger partial charge in [-0.15, -0.1) is 0 Å². The van der Waals surface area contributed by atoms with Crippen LogP contribution in [0.3, 0.4) is 0 Å². The van der Waals surface area contributed by atoms with Crippen LogP contribution in [0.25, 0.3) is 0 Å². The third-order valence-corrected chi connectivity index (χ3v) is 5.38. The molecule has 2 aliphatic rings. The Labute approximate surface area is 166 Å². The van der Waals surface area contributed by atoms with Crippen molar-refractivity contribution in [2.45, 2.75) is 26.3 Å². The van der Waals surface area contributed by atoms with E-state index in [0.29, 0.717) is 42.6 Å². The van der Waals surface area contributed by atoms with Gasteiger partial charge in [0.2, 0.25) is 5.91 Å². The summed E-state index contributed by atoms with van der Waals surface area (Å²) >= 11 is 0. The summed E-state index contributed by atoms with van der Waals surface area (Å²) in [5.41, 5.74) is 4.07. The molecule has 1 aromatic rings. The zero-order valence-corrected chi connectivity index (χ0v) is 16.7. The lowest BCUT2D eigenvalue weighted by Crippen LogP contribution is -2.31. The van der Waals surface area contributed by atoms with Gasteiger partial charge in [0, 0.05) is 36.1 Å². The van der Waals surface area contributed by atoms with Crippen molar-refractivity contribution in [3.05, 3.63) is 70.8 Å². The summed E-state index contributed by atoms with van der Waals surface area (Å²) in [7, 11) is 1.57. The molecule has 5 nitrogen and oxygen atoms in total. The molecule has 2 N–H and O–H groups in total. The number of likely N-dealkylation sites (N-methyl/N-ethyl adjacent to an activating group) is 1. The van der Waals surface area contributed by atoms with Crippen LogP contribution in [-0.2, 0) is 20.7 Å². The van der Waals surface area contributed by atoms with Crippen molar-refractivity contribution in [2.75, 3.05) is 20.3 Å². The average Bonchev–Trinajstić information content (AvgIpc) is 3.09. The van der Waals surface area contributed by atoms with Crippen LogP contribution in [0.15, 0.2) is 59.7 Å². The van der Waals surface area contributed by atoms with E-state index >= 15 is 0 Å². The minimum absolute atomic E-state index is 0.170. The van der Waals surface area contributed by atoms with Gasteiger partial charge in [0.1, 0.15) is 0 Å². The van der Waals surface area contributed by atoms with Crippen molar-refractivity contribution >= 4 is 11.8 Å². The number of aryl methyl sites for hydroxylation is 1. The molecule has 0 spiro atoms. The van der Waals surface area contributed by atoms with E-state index in [1.807, 2.05) is 6.92 Å². The fourth-order valence-corrected chi connectivity index (χ4v) is 3.60. The van der Waals surface area contributed by atoms with Crippen LogP contribution in [0, 0.1) is 18.8 Å². The van der Waals surface area contributed by atoms with Crippen molar-refractivity contribution in [1.82, 2.24) is 10.6 Å². The maximum atomic E-state index is 12.9. The number of hydrogen-bond acceptors (Lipinski definition) is 3. The minimum atomic E-state index is -0.209. The number of hydrogen-bond donors (Lipinski definition) is 2. The summed E-state index contributed by atoms with van der Waals surface area (Å²) in [5, 5.41) is 5.68. The van der Waals surface area contributed by atoms with E-state index in [2.05, 4.69) is 41.5 Å². The topological polar surface area (TPSA) is 67.4 Å². The first-order valence-electron chi connectivity index (χ1n) is 9.63. The molecule has 5 heteroatoms. The number of fused-ring (bicyclic) bond motifs is 1. The number of benzene rings is 1. The molecule has 3 rings (SSSR count). The highest BCUT2D eigenvalue weighted by molar-refractivity contribution is 6.01. The lowest BCUT2D eigenvalue weighted by atomic mass is 10.0. The van der Waals surface area contributed by atoms with E-state index in [1.54, 1.807) is 26.1 Å². The van der Waals surface area contributed by atoms with Crippen molar-refractivity contribution in [2.24, 2.45) is 11.8 Å². The molecule has 2 atom stereocenters. The molecule has 1 saturated carbocycles. The van der Waals surface area contributed by atoms with Crippen LogP contribution in [-0.4, -0.2) is 38.1 Å². The molecule has 1 aliphatic carbocycles. The Kier molecular flexibility index (Phi) is 6.15. The van der Waals surface area contributed by atoms with Crippen molar-refractivity contribution in [3.63, 3.8) is 0 Å². The molecule has 2 fully saturated rings. The molecule has 0 bridgehead atoms. The molecule has 148 valence electrons. The van der Waals surface area contributed by atoms with E-state index < -0.39 is 0 Å². The summed E-state index contributed by atoms with van der Waals surface area (Å²) in [6, 6.07) is 8.41. The Morgan fingerprint density at radius 1 is 1.14 bits per heavy atom. The Balaban J connectivity index is 1.75. The molecule has 0 radical (unpaired) electrons. The molecule has 1 heterocycles. The molecular formula is C23H28N2O3. The maximum Gasteiger partial charge on any atom is 0.251 e. The highest BCUT2D eigenvalue weighted by atomic mass is 16.5. The lowest BCUT2D eigenvalue weighted by molar-refractivity contribution is -0.117. The monoisotopic (exact) mass is 380 g/mol. The third-order valence-electron chi connectivity index (χ3n) is 5.38. The highest BCUT2D eigenvalue weighted by Gasteiger charge is 2.54. The molecule has 28 heavy (non-hydrogen) atoms. The summed E-state index contributed by atoms with van der Waals surface area (Å²) < 4.78 is 5.38. The van der Waals surface area contributed by atoms with Gasteiger partial charge in [0.05, 0.1) is 13.2 Å². The van der Waals surface area contributed by atoms with Crippen LogP contribution in [0.1, 0.15) is 18.1 Å². The lowest BCUT2D eigenvalue weighted by Gasteiger charge is -2.10. The molecule has 1 saturated heterocycles. The predicted octanol–water partition coefficient (Wildman–Crippen LogP) is 2.47. The molecule has 2 unspecified atom stereocenters. The largest absolute Gasteiger partial charge is 0.381 e. The Morgan fingerprint density at radius 2 is 1.79 bits per heavy atom. The summed E-state index contributed by atoms with van der Waals surface area (Å²) in [5.74, 6) is 0.460. The van der Waals surface area contributed by atoms with E-state index in [9.17, 15) is 9.59 Å². The minimum Gasteiger partial charge on any atom is -0.381 e. The zero-order chi connectivity index (χ0) is 20.3. The summed E-state index contributed by atoms with van der Waals surface area (Å²) in [6.45, 7) is 9.28. The van der Waals surface area contributed by atoms with E-state index in [4.69, 9.17) is 4.74 Å². The number of amides is 2. The molecule has 2 amide bonds.